The number of rotatable bonds is 32. The second-order valence-electron chi connectivity index (χ2n) is 11.7. The molecule has 0 radical (unpaired) electrons. The van der Waals surface area contributed by atoms with Gasteiger partial charge in [0.15, 0.2) is 6.10 Å². The van der Waals surface area contributed by atoms with Crippen molar-refractivity contribution >= 4 is 19.8 Å². The number of phosphoric ester groups is 1. The lowest BCUT2D eigenvalue weighted by Gasteiger charge is -2.19. The maximum atomic E-state index is 12.4. The summed E-state index contributed by atoms with van der Waals surface area (Å²) >= 11 is 0. The summed E-state index contributed by atoms with van der Waals surface area (Å²) < 4.78 is 31.7. The van der Waals surface area contributed by atoms with E-state index in [0.29, 0.717) is 6.42 Å². The first-order chi connectivity index (χ1) is 20.3. The molecule has 0 bridgehead atoms. The van der Waals surface area contributed by atoms with Gasteiger partial charge in [0.05, 0.1) is 6.61 Å². The fourth-order valence-corrected chi connectivity index (χ4v) is 5.35. The maximum absolute atomic E-state index is 12.4. The Morgan fingerprint density at radius 1 is 0.571 bits per heavy atom. The standard InChI is InChI=1S/C33H65O8P/c1-4-6-8-10-12-14-16-18-20-22-24-26-28-33(35)41-31(30-40-42(36,37)38-3)29-39-32(34)27-25-23-21-19-17-15-13-11-9-7-5-2/h31H,4-30H2,1-3H3,(H,36,37). The van der Waals surface area contributed by atoms with Crippen LogP contribution in [0.25, 0.3) is 0 Å². The molecule has 9 heteroatoms. The highest BCUT2D eigenvalue weighted by Gasteiger charge is 2.24. The normalized spacial score (nSPS) is 13.5. The van der Waals surface area contributed by atoms with E-state index in [1.165, 1.54) is 109 Å². The van der Waals surface area contributed by atoms with Crippen molar-refractivity contribution in [3.8, 4) is 0 Å². The lowest BCUT2D eigenvalue weighted by Crippen LogP contribution is -2.29. The molecule has 0 saturated carbocycles. The fourth-order valence-electron chi connectivity index (χ4n) is 4.89. The van der Waals surface area contributed by atoms with Gasteiger partial charge in [-0.2, -0.15) is 0 Å². The number of carbonyl (C=O) groups excluding carboxylic acids is 2. The van der Waals surface area contributed by atoms with Crippen LogP contribution in [-0.4, -0.2) is 43.3 Å². The van der Waals surface area contributed by atoms with Gasteiger partial charge in [0, 0.05) is 20.0 Å². The summed E-state index contributed by atoms with van der Waals surface area (Å²) in [4.78, 5) is 34.1. The summed E-state index contributed by atoms with van der Waals surface area (Å²) in [6.45, 7) is 3.86. The molecule has 0 heterocycles. The third-order valence-electron chi connectivity index (χ3n) is 7.60. The van der Waals surface area contributed by atoms with Crippen LogP contribution in [0, 0.1) is 0 Å². The Kier molecular flexibility index (Phi) is 29.4. The minimum Gasteiger partial charge on any atom is -0.462 e. The summed E-state index contributed by atoms with van der Waals surface area (Å²) in [6, 6.07) is 0. The third kappa shape index (κ3) is 29.1. The highest BCUT2D eigenvalue weighted by atomic mass is 31.2. The van der Waals surface area contributed by atoms with Crippen LogP contribution in [0.4, 0.5) is 0 Å². The third-order valence-corrected chi connectivity index (χ3v) is 8.54. The average Bonchev–Trinajstić information content (AvgIpc) is 2.97. The molecule has 0 aromatic heterocycles. The van der Waals surface area contributed by atoms with Crippen molar-refractivity contribution in [2.75, 3.05) is 20.3 Å². The zero-order chi connectivity index (χ0) is 31.2. The first-order valence-electron chi connectivity index (χ1n) is 17.2. The van der Waals surface area contributed by atoms with Crippen molar-refractivity contribution in [3.05, 3.63) is 0 Å². The topological polar surface area (TPSA) is 108 Å². The quantitative estimate of drug-likeness (QED) is 0.0450. The molecule has 0 aliphatic carbocycles. The molecule has 0 aliphatic heterocycles. The molecule has 42 heavy (non-hydrogen) atoms. The van der Waals surface area contributed by atoms with Crippen molar-refractivity contribution in [2.45, 2.75) is 180 Å². The molecule has 2 atom stereocenters. The number of esters is 2. The maximum Gasteiger partial charge on any atom is 0.472 e. The highest BCUT2D eigenvalue weighted by Crippen LogP contribution is 2.42. The van der Waals surface area contributed by atoms with E-state index in [1.807, 2.05) is 0 Å². The smallest absolute Gasteiger partial charge is 0.462 e. The molecule has 1 N–H and O–H groups in total. The monoisotopic (exact) mass is 620 g/mol. The van der Waals surface area contributed by atoms with Gasteiger partial charge in [0.2, 0.25) is 0 Å². The largest absolute Gasteiger partial charge is 0.472 e. The number of phosphoric acid groups is 1. The molecule has 0 saturated heterocycles. The second-order valence-corrected chi connectivity index (χ2v) is 13.2. The van der Waals surface area contributed by atoms with Crippen molar-refractivity contribution in [3.63, 3.8) is 0 Å². The number of hydrogen-bond donors (Lipinski definition) is 1. The summed E-state index contributed by atoms with van der Waals surface area (Å²) in [5.74, 6) is -0.797. The van der Waals surface area contributed by atoms with Gasteiger partial charge in [-0.25, -0.2) is 4.57 Å². The van der Waals surface area contributed by atoms with Crippen molar-refractivity contribution < 1.29 is 37.6 Å². The Morgan fingerprint density at radius 3 is 1.31 bits per heavy atom. The fraction of sp³-hybridized carbons (Fsp3) is 0.939. The summed E-state index contributed by atoms with van der Waals surface area (Å²) in [6.07, 6.45) is 27.2. The molecule has 0 fully saturated rings. The van der Waals surface area contributed by atoms with E-state index >= 15 is 0 Å². The van der Waals surface area contributed by atoms with E-state index in [2.05, 4.69) is 18.4 Å². The minimum atomic E-state index is -4.24. The Bertz CT molecular complexity index is 672. The minimum absolute atomic E-state index is 0.217. The second kappa shape index (κ2) is 30.1. The van der Waals surface area contributed by atoms with E-state index in [1.54, 1.807) is 0 Å². The predicted molar refractivity (Wildman–Crippen MR) is 170 cm³/mol. The van der Waals surface area contributed by atoms with Gasteiger partial charge in [-0.05, 0) is 12.8 Å². The van der Waals surface area contributed by atoms with Crippen LogP contribution in [0.15, 0.2) is 0 Å². The average molecular weight is 621 g/mol. The van der Waals surface area contributed by atoms with Crippen LogP contribution in [0.1, 0.15) is 174 Å². The number of ether oxygens (including phenoxy) is 2. The van der Waals surface area contributed by atoms with Crippen molar-refractivity contribution in [1.82, 2.24) is 0 Å². The number of unbranched alkanes of at least 4 members (excludes halogenated alkanes) is 21. The lowest BCUT2D eigenvalue weighted by molar-refractivity contribution is -0.161. The van der Waals surface area contributed by atoms with E-state index in [-0.39, 0.29) is 19.0 Å². The van der Waals surface area contributed by atoms with Gasteiger partial charge in [0.25, 0.3) is 0 Å². The SMILES string of the molecule is CCCCCCCCCCCCCCC(=O)OC(COC(=O)CCCCCCCCCCCCC)COP(=O)(O)OC. The molecule has 0 spiro atoms. The molecule has 0 aromatic carbocycles. The first-order valence-corrected chi connectivity index (χ1v) is 18.7. The molecule has 2 unspecified atom stereocenters. The van der Waals surface area contributed by atoms with E-state index in [9.17, 15) is 19.0 Å². The van der Waals surface area contributed by atoms with Gasteiger partial charge in [-0.15, -0.1) is 0 Å². The van der Waals surface area contributed by atoms with Crippen LogP contribution in [0.3, 0.4) is 0 Å². The summed E-state index contributed by atoms with van der Waals surface area (Å²) in [5, 5.41) is 0. The Hall–Kier alpha value is -0.950. The van der Waals surface area contributed by atoms with Crippen LogP contribution in [0.5, 0.6) is 0 Å². The molecular weight excluding hydrogens is 555 g/mol. The van der Waals surface area contributed by atoms with E-state index in [4.69, 9.17) is 14.0 Å². The van der Waals surface area contributed by atoms with Crippen molar-refractivity contribution in [1.29, 1.82) is 0 Å². The van der Waals surface area contributed by atoms with Crippen LogP contribution in [0.2, 0.25) is 0 Å². The predicted octanol–water partition coefficient (Wildman–Crippen LogP) is 10.00. The summed E-state index contributed by atoms with van der Waals surface area (Å²) in [7, 11) is -3.18. The van der Waals surface area contributed by atoms with Gasteiger partial charge in [0.1, 0.15) is 6.61 Å². The van der Waals surface area contributed by atoms with Gasteiger partial charge >= 0.3 is 19.8 Å². The molecule has 0 rings (SSSR count). The van der Waals surface area contributed by atoms with E-state index < -0.39 is 26.5 Å². The van der Waals surface area contributed by atoms with Crippen LogP contribution in [-0.2, 0) is 32.7 Å². The van der Waals surface area contributed by atoms with Gasteiger partial charge in [-0.1, -0.05) is 149 Å². The zero-order valence-corrected chi connectivity index (χ0v) is 28.3. The first kappa shape index (κ1) is 41.0. The Morgan fingerprint density at radius 2 is 0.929 bits per heavy atom. The van der Waals surface area contributed by atoms with Gasteiger partial charge < -0.3 is 14.4 Å². The highest BCUT2D eigenvalue weighted by molar-refractivity contribution is 7.47. The number of carbonyl (C=O) groups is 2. The zero-order valence-electron chi connectivity index (χ0n) is 27.4. The molecule has 0 aliphatic rings. The lowest BCUT2D eigenvalue weighted by atomic mass is 10.0. The molecule has 8 nitrogen and oxygen atoms in total. The van der Waals surface area contributed by atoms with Crippen LogP contribution < -0.4 is 0 Å². The Balaban J connectivity index is 4.08. The van der Waals surface area contributed by atoms with Crippen LogP contribution >= 0.6 is 7.82 Å². The molecular formula is C33H65O8P. The van der Waals surface area contributed by atoms with Gasteiger partial charge in [-0.3, -0.25) is 18.6 Å². The Labute approximate surface area is 258 Å². The molecule has 0 aromatic rings. The van der Waals surface area contributed by atoms with E-state index in [0.717, 1.165) is 45.6 Å². The van der Waals surface area contributed by atoms with Crippen molar-refractivity contribution in [2.24, 2.45) is 0 Å². The molecule has 0 amide bonds. The molecule has 250 valence electrons. The number of hydrogen-bond acceptors (Lipinski definition) is 7. The summed E-state index contributed by atoms with van der Waals surface area (Å²) in [5.41, 5.74) is 0.